The van der Waals surface area contributed by atoms with E-state index in [0.29, 0.717) is 23.1 Å². The van der Waals surface area contributed by atoms with Gasteiger partial charge in [-0.3, -0.25) is 10.1 Å². The van der Waals surface area contributed by atoms with Gasteiger partial charge < -0.3 is 10.1 Å². The molecule has 0 aliphatic heterocycles. The molecule has 5 nitrogen and oxygen atoms in total. The van der Waals surface area contributed by atoms with Gasteiger partial charge in [0, 0.05) is 29.3 Å². The molecule has 1 unspecified atom stereocenters. The van der Waals surface area contributed by atoms with Crippen molar-refractivity contribution in [1.82, 2.24) is 5.32 Å². The molecule has 18 heavy (non-hydrogen) atoms. The molecule has 0 saturated heterocycles. The summed E-state index contributed by atoms with van der Waals surface area (Å²) in [6, 6.07) is 5.21. The Balaban J connectivity index is 2.90. The van der Waals surface area contributed by atoms with Gasteiger partial charge in [-0.2, -0.15) is 0 Å². The van der Waals surface area contributed by atoms with E-state index >= 15 is 0 Å². The van der Waals surface area contributed by atoms with Gasteiger partial charge in [0.15, 0.2) is 0 Å². The fraction of sp³-hybridized carbons (Fsp3) is 0.500. The lowest BCUT2D eigenvalue weighted by Crippen LogP contribution is -2.35. The molecule has 1 aromatic rings. The van der Waals surface area contributed by atoms with Crippen LogP contribution in [0.5, 0.6) is 0 Å². The second-order valence-corrected chi connectivity index (χ2v) is 4.86. The van der Waals surface area contributed by atoms with Crippen LogP contribution in [0.25, 0.3) is 0 Å². The van der Waals surface area contributed by atoms with E-state index in [9.17, 15) is 10.1 Å². The molecule has 0 heterocycles. The number of nitro benzene ring substituents is 1. The Labute approximate surface area is 115 Å². The number of nitro groups is 1. The minimum Gasteiger partial charge on any atom is -0.383 e. The summed E-state index contributed by atoms with van der Waals surface area (Å²) in [6.07, 6.45) is 0.575. The van der Waals surface area contributed by atoms with Crippen LogP contribution in [0.15, 0.2) is 22.7 Å². The molecular formula is C12H17BrN2O3. The van der Waals surface area contributed by atoms with E-state index < -0.39 is 0 Å². The van der Waals surface area contributed by atoms with Crippen molar-refractivity contribution in [3.63, 3.8) is 0 Å². The summed E-state index contributed by atoms with van der Waals surface area (Å²) in [5, 5.41) is 14.3. The first kappa shape index (κ1) is 15.1. The van der Waals surface area contributed by atoms with Crippen LogP contribution < -0.4 is 5.32 Å². The highest BCUT2D eigenvalue weighted by atomic mass is 79.9. The van der Waals surface area contributed by atoms with E-state index in [-0.39, 0.29) is 16.7 Å². The lowest BCUT2D eigenvalue weighted by atomic mass is 10.0. The minimum atomic E-state index is -0.351. The molecule has 1 N–H and O–H groups in total. The molecule has 0 fully saturated rings. The third-order valence-corrected chi connectivity index (χ3v) is 3.06. The summed E-state index contributed by atoms with van der Waals surface area (Å²) < 4.78 is 5.82. The molecule has 1 atom stereocenters. The largest absolute Gasteiger partial charge is 0.383 e. The molecular weight excluding hydrogens is 300 g/mol. The Morgan fingerprint density at radius 3 is 2.83 bits per heavy atom. The Bertz CT molecular complexity index is 406. The van der Waals surface area contributed by atoms with Crippen LogP contribution in [0.1, 0.15) is 12.5 Å². The van der Waals surface area contributed by atoms with Crippen LogP contribution in [0.2, 0.25) is 0 Å². The van der Waals surface area contributed by atoms with Crippen LogP contribution in [0, 0.1) is 10.1 Å². The van der Waals surface area contributed by atoms with Gasteiger partial charge in [-0.15, -0.1) is 0 Å². The number of methoxy groups -OCH3 is 1. The molecule has 100 valence electrons. The Morgan fingerprint density at radius 1 is 1.56 bits per heavy atom. The Hall–Kier alpha value is -0.980. The summed E-state index contributed by atoms with van der Waals surface area (Å²) in [5.41, 5.74) is 0.856. The van der Waals surface area contributed by atoms with Gasteiger partial charge in [-0.25, -0.2) is 0 Å². The predicted octanol–water partition coefficient (Wildman–Crippen LogP) is 2.52. The maximum Gasteiger partial charge on any atom is 0.273 e. The van der Waals surface area contributed by atoms with Crippen LogP contribution in [0.4, 0.5) is 5.69 Å². The molecule has 0 aromatic heterocycles. The Kier molecular flexibility index (Phi) is 6.24. The topological polar surface area (TPSA) is 64.4 Å². The van der Waals surface area contributed by atoms with E-state index in [4.69, 9.17) is 4.74 Å². The van der Waals surface area contributed by atoms with Gasteiger partial charge >= 0.3 is 0 Å². The van der Waals surface area contributed by atoms with Gasteiger partial charge in [0.2, 0.25) is 0 Å². The third-order valence-electron chi connectivity index (χ3n) is 2.57. The maximum absolute atomic E-state index is 11.0. The van der Waals surface area contributed by atoms with E-state index in [2.05, 4.69) is 21.2 Å². The zero-order valence-electron chi connectivity index (χ0n) is 10.5. The average molecular weight is 317 g/mol. The number of nitrogens with zero attached hydrogens (tertiary/aromatic N) is 1. The lowest BCUT2D eigenvalue weighted by Gasteiger charge is -2.16. The molecule has 0 aliphatic rings. The van der Waals surface area contributed by atoms with Crippen molar-refractivity contribution in [2.45, 2.75) is 19.4 Å². The summed E-state index contributed by atoms with van der Waals surface area (Å²) in [6.45, 7) is 3.33. The van der Waals surface area contributed by atoms with Crippen molar-refractivity contribution >= 4 is 21.6 Å². The van der Waals surface area contributed by atoms with Gasteiger partial charge in [0.1, 0.15) is 0 Å². The lowest BCUT2D eigenvalue weighted by molar-refractivity contribution is -0.385. The standard InChI is InChI=1S/C12H17BrN2O3/c1-3-14-11(8-18-2)6-9-4-5-10(13)7-12(9)15(16)17/h4-5,7,11,14H,3,6,8H2,1-2H3. The number of rotatable bonds is 7. The van der Waals surface area contributed by atoms with Crippen LogP contribution in [-0.4, -0.2) is 31.2 Å². The highest BCUT2D eigenvalue weighted by Gasteiger charge is 2.18. The Morgan fingerprint density at radius 2 is 2.28 bits per heavy atom. The average Bonchev–Trinajstić information content (AvgIpc) is 2.32. The number of likely N-dealkylation sites (N-methyl/N-ethyl adjacent to an activating group) is 1. The molecule has 1 aromatic carbocycles. The van der Waals surface area contributed by atoms with E-state index in [0.717, 1.165) is 6.54 Å². The molecule has 0 spiro atoms. The second kappa shape index (κ2) is 7.45. The monoisotopic (exact) mass is 316 g/mol. The van der Waals surface area contributed by atoms with E-state index in [1.807, 2.05) is 13.0 Å². The zero-order valence-corrected chi connectivity index (χ0v) is 12.1. The number of hydrogen-bond donors (Lipinski definition) is 1. The summed E-state index contributed by atoms with van der Waals surface area (Å²) in [5.74, 6) is 0. The normalized spacial score (nSPS) is 12.4. The predicted molar refractivity (Wildman–Crippen MR) is 73.8 cm³/mol. The maximum atomic E-state index is 11.0. The van der Waals surface area contributed by atoms with Crippen molar-refractivity contribution in [3.05, 3.63) is 38.3 Å². The molecule has 0 aliphatic carbocycles. The number of benzene rings is 1. The fourth-order valence-electron chi connectivity index (χ4n) is 1.82. The zero-order chi connectivity index (χ0) is 13.5. The molecule has 0 amide bonds. The first-order valence-corrected chi connectivity index (χ1v) is 6.53. The van der Waals surface area contributed by atoms with Crippen LogP contribution >= 0.6 is 15.9 Å². The SMILES string of the molecule is CCNC(COC)Cc1ccc(Br)cc1[N+](=O)[O-]. The van der Waals surface area contributed by atoms with E-state index in [1.54, 1.807) is 13.2 Å². The molecule has 1 rings (SSSR count). The van der Waals surface area contributed by atoms with Crippen molar-refractivity contribution < 1.29 is 9.66 Å². The van der Waals surface area contributed by atoms with Crippen molar-refractivity contribution in [1.29, 1.82) is 0 Å². The van der Waals surface area contributed by atoms with Gasteiger partial charge in [-0.05, 0) is 19.0 Å². The minimum absolute atomic E-state index is 0.0832. The molecule has 0 bridgehead atoms. The quantitative estimate of drug-likeness (QED) is 0.620. The number of nitrogens with one attached hydrogen (secondary N) is 1. The van der Waals surface area contributed by atoms with Crippen molar-refractivity contribution in [3.8, 4) is 0 Å². The number of hydrogen-bond acceptors (Lipinski definition) is 4. The van der Waals surface area contributed by atoms with Crippen molar-refractivity contribution in [2.75, 3.05) is 20.3 Å². The number of halogens is 1. The summed E-state index contributed by atoms with van der Waals surface area (Å²) >= 11 is 3.25. The number of ether oxygens (including phenoxy) is 1. The van der Waals surface area contributed by atoms with Crippen molar-refractivity contribution in [2.24, 2.45) is 0 Å². The third kappa shape index (κ3) is 4.36. The first-order valence-electron chi connectivity index (χ1n) is 5.73. The second-order valence-electron chi connectivity index (χ2n) is 3.94. The smallest absolute Gasteiger partial charge is 0.273 e. The highest BCUT2D eigenvalue weighted by molar-refractivity contribution is 9.10. The van der Waals surface area contributed by atoms with Gasteiger partial charge in [0.05, 0.1) is 11.5 Å². The van der Waals surface area contributed by atoms with E-state index in [1.165, 1.54) is 6.07 Å². The fourth-order valence-corrected chi connectivity index (χ4v) is 2.17. The molecule has 0 saturated carbocycles. The summed E-state index contributed by atoms with van der Waals surface area (Å²) in [7, 11) is 1.63. The van der Waals surface area contributed by atoms with Gasteiger partial charge in [0.25, 0.3) is 5.69 Å². The first-order chi connectivity index (χ1) is 8.58. The van der Waals surface area contributed by atoms with Crippen LogP contribution in [0.3, 0.4) is 0 Å². The van der Waals surface area contributed by atoms with Gasteiger partial charge in [-0.1, -0.05) is 28.9 Å². The van der Waals surface area contributed by atoms with Crippen LogP contribution in [-0.2, 0) is 11.2 Å². The summed E-state index contributed by atoms with van der Waals surface area (Å²) in [4.78, 5) is 10.7. The molecule has 6 heteroatoms. The molecule has 0 radical (unpaired) electrons. The highest BCUT2D eigenvalue weighted by Crippen LogP contribution is 2.24.